The van der Waals surface area contributed by atoms with Gasteiger partial charge in [0.25, 0.3) is 0 Å². The van der Waals surface area contributed by atoms with Crippen molar-refractivity contribution in [3.8, 4) is 0 Å². The van der Waals surface area contributed by atoms with E-state index in [2.05, 4.69) is 4.74 Å². The zero-order valence-corrected chi connectivity index (χ0v) is 5.29. The summed E-state index contributed by atoms with van der Waals surface area (Å²) >= 11 is 0. The van der Waals surface area contributed by atoms with E-state index in [0.29, 0.717) is 0 Å². The molecule has 0 aromatic rings. The van der Waals surface area contributed by atoms with Gasteiger partial charge >= 0.3 is 0 Å². The maximum Gasteiger partial charge on any atom is 0.153 e. The van der Waals surface area contributed by atoms with Gasteiger partial charge in [0.05, 0.1) is 0 Å². The summed E-state index contributed by atoms with van der Waals surface area (Å²) < 4.78 is 4.58. The Hall–Kier alpha value is -0.160. The SMILES string of the molecule is CC(N)OC(C)O.N. The maximum atomic E-state index is 8.42. The van der Waals surface area contributed by atoms with Gasteiger partial charge < -0.3 is 21.7 Å². The molecule has 4 nitrogen and oxygen atoms in total. The summed E-state index contributed by atoms with van der Waals surface area (Å²) in [6, 6.07) is 0. The average Bonchev–Trinajstić information content (AvgIpc) is 1.27. The molecule has 0 fully saturated rings. The molecule has 0 aliphatic carbocycles. The van der Waals surface area contributed by atoms with Gasteiger partial charge in [0, 0.05) is 0 Å². The molecule has 2 unspecified atom stereocenters. The molecule has 0 heterocycles. The first-order valence-corrected chi connectivity index (χ1v) is 2.22. The molecular weight excluding hydrogens is 108 g/mol. The van der Waals surface area contributed by atoms with Crippen LogP contribution >= 0.6 is 0 Å². The second-order valence-electron chi connectivity index (χ2n) is 1.44. The number of rotatable bonds is 2. The van der Waals surface area contributed by atoms with Crippen molar-refractivity contribution < 1.29 is 9.84 Å². The van der Waals surface area contributed by atoms with Crippen molar-refractivity contribution in [3.05, 3.63) is 0 Å². The Bertz CT molecular complexity index is 41.3. The van der Waals surface area contributed by atoms with Crippen molar-refractivity contribution in [1.82, 2.24) is 6.15 Å². The molecule has 0 bridgehead atoms. The largest absolute Gasteiger partial charge is 0.368 e. The lowest BCUT2D eigenvalue weighted by molar-refractivity contribution is -0.115. The van der Waals surface area contributed by atoms with Crippen LogP contribution in [0.15, 0.2) is 0 Å². The smallest absolute Gasteiger partial charge is 0.153 e. The van der Waals surface area contributed by atoms with Gasteiger partial charge in [-0.2, -0.15) is 0 Å². The molecule has 0 spiro atoms. The first-order valence-electron chi connectivity index (χ1n) is 2.22. The normalized spacial score (nSPS) is 16.5. The molecule has 6 N–H and O–H groups in total. The predicted molar refractivity (Wildman–Crippen MR) is 31.4 cm³/mol. The molecule has 0 aromatic carbocycles. The van der Waals surface area contributed by atoms with E-state index < -0.39 is 6.29 Å². The molecule has 2 atom stereocenters. The van der Waals surface area contributed by atoms with Gasteiger partial charge in [0.1, 0.15) is 6.23 Å². The van der Waals surface area contributed by atoms with Crippen molar-refractivity contribution in [2.75, 3.05) is 0 Å². The highest BCUT2D eigenvalue weighted by molar-refractivity contribution is 4.31. The molecule has 0 aromatic heterocycles. The molecule has 0 aliphatic rings. The van der Waals surface area contributed by atoms with Crippen LogP contribution in [-0.2, 0) is 4.74 Å². The minimum atomic E-state index is -0.750. The second-order valence-corrected chi connectivity index (χ2v) is 1.44. The van der Waals surface area contributed by atoms with Crippen LogP contribution < -0.4 is 11.9 Å². The van der Waals surface area contributed by atoms with E-state index in [1.165, 1.54) is 6.92 Å². The second kappa shape index (κ2) is 4.99. The zero-order chi connectivity index (χ0) is 5.86. The Kier molecular flexibility index (Phi) is 6.70. The topological polar surface area (TPSA) is 90.5 Å². The van der Waals surface area contributed by atoms with E-state index in [-0.39, 0.29) is 12.4 Å². The van der Waals surface area contributed by atoms with Crippen LogP contribution in [0.2, 0.25) is 0 Å². The number of hydrogen-bond donors (Lipinski definition) is 3. The molecule has 0 aliphatic heterocycles. The van der Waals surface area contributed by atoms with Gasteiger partial charge in [0.2, 0.25) is 0 Å². The molecular formula is C4H14N2O2. The lowest BCUT2D eigenvalue weighted by atomic mass is 10.7. The number of aliphatic hydroxyl groups is 1. The van der Waals surface area contributed by atoms with Crippen LogP contribution in [0.5, 0.6) is 0 Å². The van der Waals surface area contributed by atoms with E-state index in [9.17, 15) is 0 Å². The zero-order valence-electron chi connectivity index (χ0n) is 5.29. The summed E-state index contributed by atoms with van der Waals surface area (Å²) in [4.78, 5) is 0. The molecule has 52 valence electrons. The van der Waals surface area contributed by atoms with Crippen LogP contribution in [0.4, 0.5) is 0 Å². The maximum absolute atomic E-state index is 8.42. The highest BCUT2D eigenvalue weighted by atomic mass is 16.6. The molecule has 0 saturated carbocycles. The summed E-state index contributed by atoms with van der Waals surface area (Å²) in [5.41, 5.74) is 5.11. The quantitative estimate of drug-likeness (QED) is 0.443. The van der Waals surface area contributed by atoms with Gasteiger partial charge in [-0.15, -0.1) is 0 Å². The monoisotopic (exact) mass is 122 g/mol. The van der Waals surface area contributed by atoms with Gasteiger partial charge in [-0.3, -0.25) is 0 Å². The van der Waals surface area contributed by atoms with E-state index in [1.807, 2.05) is 0 Å². The fourth-order valence-corrected chi connectivity index (χ4v) is 0.311. The molecule has 0 amide bonds. The van der Waals surface area contributed by atoms with Crippen LogP contribution in [0.3, 0.4) is 0 Å². The lowest BCUT2D eigenvalue weighted by Gasteiger charge is -2.08. The number of hydrogen-bond acceptors (Lipinski definition) is 4. The minimum Gasteiger partial charge on any atom is -0.368 e. The van der Waals surface area contributed by atoms with Gasteiger partial charge in [-0.1, -0.05) is 0 Å². The van der Waals surface area contributed by atoms with Crippen LogP contribution in [0.25, 0.3) is 0 Å². The van der Waals surface area contributed by atoms with Gasteiger partial charge in [-0.05, 0) is 13.8 Å². The standard InChI is InChI=1S/C4H11NO2.H3N/c1-3(5)7-4(2)6;/h3-4,6H,5H2,1-2H3;1H3. The summed E-state index contributed by atoms with van der Waals surface area (Å²) in [5, 5.41) is 8.42. The first kappa shape index (κ1) is 10.8. The third-order valence-electron chi connectivity index (χ3n) is 0.412. The Balaban J connectivity index is 0. The Labute approximate surface area is 49.2 Å². The van der Waals surface area contributed by atoms with E-state index >= 15 is 0 Å². The van der Waals surface area contributed by atoms with Gasteiger partial charge in [0.15, 0.2) is 6.29 Å². The van der Waals surface area contributed by atoms with Crippen LogP contribution in [0.1, 0.15) is 13.8 Å². The van der Waals surface area contributed by atoms with Crippen LogP contribution in [0, 0.1) is 0 Å². The number of ether oxygens (including phenoxy) is 1. The summed E-state index contributed by atoms with van der Waals surface area (Å²) in [6.45, 7) is 3.18. The summed E-state index contributed by atoms with van der Waals surface area (Å²) in [5.74, 6) is 0. The molecule has 0 saturated heterocycles. The van der Waals surface area contributed by atoms with E-state index in [4.69, 9.17) is 10.8 Å². The van der Waals surface area contributed by atoms with Gasteiger partial charge in [-0.25, -0.2) is 0 Å². The van der Waals surface area contributed by atoms with Crippen LogP contribution in [-0.4, -0.2) is 17.6 Å². The molecule has 0 radical (unpaired) electrons. The first-order chi connectivity index (χ1) is 3.13. The van der Waals surface area contributed by atoms with Crippen molar-refractivity contribution >= 4 is 0 Å². The third-order valence-corrected chi connectivity index (χ3v) is 0.412. The van der Waals surface area contributed by atoms with Crippen molar-refractivity contribution in [2.45, 2.75) is 26.4 Å². The Morgan fingerprint density at radius 3 is 1.88 bits per heavy atom. The summed E-state index contributed by atoms with van der Waals surface area (Å²) in [6.07, 6.45) is -1.13. The molecule has 0 rings (SSSR count). The average molecular weight is 122 g/mol. The lowest BCUT2D eigenvalue weighted by Crippen LogP contribution is -2.24. The Morgan fingerprint density at radius 2 is 1.88 bits per heavy atom. The fraction of sp³-hybridized carbons (Fsp3) is 1.00. The third kappa shape index (κ3) is 9.28. The minimum absolute atomic E-state index is 0. The molecule has 8 heavy (non-hydrogen) atoms. The van der Waals surface area contributed by atoms with Crippen molar-refractivity contribution in [2.24, 2.45) is 5.73 Å². The number of nitrogens with two attached hydrogens (primary N) is 1. The number of aliphatic hydroxyl groups excluding tert-OH is 1. The van der Waals surface area contributed by atoms with Crippen molar-refractivity contribution in [1.29, 1.82) is 0 Å². The van der Waals surface area contributed by atoms with E-state index in [0.717, 1.165) is 0 Å². The van der Waals surface area contributed by atoms with Crippen molar-refractivity contribution in [3.63, 3.8) is 0 Å². The highest BCUT2D eigenvalue weighted by Crippen LogP contribution is 1.85. The van der Waals surface area contributed by atoms with E-state index in [1.54, 1.807) is 6.92 Å². The highest BCUT2D eigenvalue weighted by Gasteiger charge is 1.95. The predicted octanol–water partition coefficient (Wildman–Crippen LogP) is -0.192. The summed E-state index contributed by atoms with van der Waals surface area (Å²) in [7, 11) is 0. The fourth-order valence-electron chi connectivity index (χ4n) is 0.311. The molecule has 4 heteroatoms. The Morgan fingerprint density at radius 1 is 1.50 bits per heavy atom.